The highest BCUT2D eigenvalue weighted by Crippen LogP contribution is 2.39. The summed E-state index contributed by atoms with van der Waals surface area (Å²) in [6.45, 7) is 1.56. The molecule has 94 valence electrons. The quantitative estimate of drug-likeness (QED) is 0.754. The van der Waals surface area contributed by atoms with Crippen LogP contribution in [0.25, 0.3) is 0 Å². The van der Waals surface area contributed by atoms with Crippen LogP contribution in [0.5, 0.6) is 0 Å². The molecule has 0 aromatic carbocycles. The molecule has 0 bridgehead atoms. The molecule has 1 aliphatic rings. The molecule has 5 nitrogen and oxygen atoms in total. The number of hydrogen-bond acceptors (Lipinski definition) is 4. The Labute approximate surface area is 95.4 Å². The Morgan fingerprint density at radius 1 is 1.44 bits per heavy atom. The lowest BCUT2D eigenvalue weighted by Crippen LogP contribution is -2.49. The van der Waals surface area contributed by atoms with Gasteiger partial charge in [-0.05, 0) is 19.3 Å². The van der Waals surface area contributed by atoms with Gasteiger partial charge in [0.15, 0.2) is 15.4 Å². The van der Waals surface area contributed by atoms with Crippen LogP contribution >= 0.6 is 0 Å². The first-order valence-electron chi connectivity index (χ1n) is 5.38. The van der Waals surface area contributed by atoms with E-state index in [1.54, 1.807) is 6.92 Å². The molecule has 0 spiro atoms. The van der Waals surface area contributed by atoms with Crippen molar-refractivity contribution in [3.63, 3.8) is 0 Å². The van der Waals surface area contributed by atoms with Gasteiger partial charge in [0.2, 0.25) is 0 Å². The van der Waals surface area contributed by atoms with Gasteiger partial charge < -0.3 is 10.2 Å². The average molecular weight is 250 g/mol. The van der Waals surface area contributed by atoms with Gasteiger partial charge in [0.05, 0.1) is 5.25 Å². The van der Waals surface area contributed by atoms with Crippen molar-refractivity contribution in [3.8, 4) is 0 Å². The Morgan fingerprint density at radius 3 is 2.38 bits per heavy atom. The van der Waals surface area contributed by atoms with Gasteiger partial charge in [-0.25, -0.2) is 13.2 Å². The maximum atomic E-state index is 11.5. The summed E-state index contributed by atoms with van der Waals surface area (Å²) < 4.78 is 23.1. The summed E-state index contributed by atoms with van der Waals surface area (Å²) in [6, 6.07) is 0. The van der Waals surface area contributed by atoms with E-state index in [1.807, 2.05) is 0 Å². The fourth-order valence-corrected chi connectivity index (χ4v) is 4.11. The highest BCUT2D eigenvalue weighted by atomic mass is 32.2. The number of carbonyl (C=O) groups is 1. The third-order valence-electron chi connectivity index (χ3n) is 3.53. The predicted octanol–water partition coefficient (Wildman–Crippen LogP) is 0.425. The molecule has 16 heavy (non-hydrogen) atoms. The van der Waals surface area contributed by atoms with Crippen LogP contribution < -0.4 is 0 Å². The van der Waals surface area contributed by atoms with Crippen molar-refractivity contribution in [2.45, 2.75) is 43.5 Å². The van der Waals surface area contributed by atoms with E-state index in [4.69, 9.17) is 5.11 Å². The van der Waals surface area contributed by atoms with Crippen LogP contribution in [0.4, 0.5) is 0 Å². The van der Waals surface area contributed by atoms with E-state index in [2.05, 4.69) is 0 Å². The lowest BCUT2D eigenvalue weighted by Gasteiger charge is -2.32. The van der Waals surface area contributed by atoms with Crippen LogP contribution in [0.15, 0.2) is 0 Å². The molecule has 0 radical (unpaired) electrons. The van der Waals surface area contributed by atoms with Gasteiger partial charge in [0, 0.05) is 12.2 Å². The Morgan fingerprint density at radius 2 is 2.00 bits per heavy atom. The molecule has 1 fully saturated rings. The molecule has 1 saturated carbocycles. The molecule has 0 aromatic rings. The van der Waals surface area contributed by atoms with Crippen LogP contribution in [-0.2, 0) is 14.6 Å². The number of carboxylic acids is 1. The minimum absolute atomic E-state index is 0.0268. The van der Waals surface area contributed by atoms with Crippen molar-refractivity contribution in [2.24, 2.45) is 5.92 Å². The first kappa shape index (κ1) is 13.4. The zero-order valence-corrected chi connectivity index (χ0v) is 10.3. The van der Waals surface area contributed by atoms with Gasteiger partial charge in [-0.1, -0.05) is 13.3 Å². The molecular formula is C10H18O5S. The summed E-state index contributed by atoms with van der Waals surface area (Å²) >= 11 is 0. The van der Waals surface area contributed by atoms with E-state index < -0.39 is 32.6 Å². The predicted molar refractivity (Wildman–Crippen MR) is 58.8 cm³/mol. The van der Waals surface area contributed by atoms with Crippen LogP contribution in [0.1, 0.15) is 32.6 Å². The Kier molecular flexibility index (Phi) is 3.64. The fraction of sp³-hybridized carbons (Fsp3) is 0.900. The first-order valence-corrected chi connectivity index (χ1v) is 7.33. The smallest absolute Gasteiger partial charge is 0.336 e. The molecule has 0 heterocycles. The zero-order valence-electron chi connectivity index (χ0n) is 9.51. The monoisotopic (exact) mass is 250 g/mol. The van der Waals surface area contributed by atoms with Crippen molar-refractivity contribution >= 4 is 15.8 Å². The molecule has 1 rings (SSSR count). The second-order valence-corrected chi connectivity index (χ2v) is 6.75. The number of aliphatic hydroxyl groups is 1. The van der Waals surface area contributed by atoms with E-state index in [0.29, 0.717) is 19.3 Å². The largest absolute Gasteiger partial charge is 0.479 e. The van der Waals surface area contributed by atoms with Gasteiger partial charge >= 0.3 is 5.97 Å². The topological polar surface area (TPSA) is 91.7 Å². The van der Waals surface area contributed by atoms with Crippen LogP contribution in [0.2, 0.25) is 0 Å². The van der Waals surface area contributed by atoms with Crippen LogP contribution in [0, 0.1) is 5.92 Å². The SMILES string of the molecule is CCC(O)(C(=O)O)C1CCCC1S(C)(=O)=O. The van der Waals surface area contributed by atoms with Gasteiger partial charge in [-0.2, -0.15) is 0 Å². The molecule has 0 saturated heterocycles. The normalized spacial score (nSPS) is 29.9. The molecule has 6 heteroatoms. The summed E-state index contributed by atoms with van der Waals surface area (Å²) in [5.74, 6) is -2.01. The summed E-state index contributed by atoms with van der Waals surface area (Å²) in [5, 5.41) is 18.4. The standard InChI is InChI=1S/C10H18O5S/c1-3-10(13,9(11)12)7-5-4-6-8(7)16(2,14)15/h7-8,13H,3-6H2,1-2H3,(H,11,12). The summed E-state index contributed by atoms with van der Waals surface area (Å²) in [7, 11) is -3.30. The zero-order chi connectivity index (χ0) is 12.6. The van der Waals surface area contributed by atoms with Gasteiger partial charge in [-0.15, -0.1) is 0 Å². The highest BCUT2D eigenvalue weighted by molar-refractivity contribution is 7.91. The van der Waals surface area contributed by atoms with Gasteiger partial charge in [-0.3, -0.25) is 0 Å². The van der Waals surface area contributed by atoms with Gasteiger partial charge in [0.1, 0.15) is 0 Å². The van der Waals surface area contributed by atoms with Crippen molar-refractivity contribution < 1.29 is 23.4 Å². The van der Waals surface area contributed by atoms with E-state index in [1.165, 1.54) is 0 Å². The van der Waals surface area contributed by atoms with E-state index >= 15 is 0 Å². The summed E-state index contributed by atoms with van der Waals surface area (Å²) in [4.78, 5) is 11.1. The molecule has 3 unspecified atom stereocenters. The number of sulfone groups is 1. The Balaban J connectivity index is 3.07. The third-order valence-corrected chi connectivity index (χ3v) is 5.19. The lowest BCUT2D eigenvalue weighted by atomic mass is 9.83. The van der Waals surface area contributed by atoms with Gasteiger partial charge in [0.25, 0.3) is 0 Å². The molecule has 1 aliphatic carbocycles. The number of hydrogen-bond donors (Lipinski definition) is 2. The highest BCUT2D eigenvalue weighted by Gasteiger charge is 2.51. The average Bonchev–Trinajstić information content (AvgIpc) is 2.64. The third kappa shape index (κ3) is 2.22. The Hall–Kier alpha value is -0.620. The van der Waals surface area contributed by atoms with Crippen molar-refractivity contribution in [3.05, 3.63) is 0 Å². The molecule has 2 N–H and O–H groups in total. The van der Waals surface area contributed by atoms with E-state index in [9.17, 15) is 18.3 Å². The minimum Gasteiger partial charge on any atom is -0.479 e. The number of carboxylic acid groups (broad SMARTS) is 1. The molecular weight excluding hydrogens is 232 g/mol. The minimum atomic E-state index is -3.30. The number of aliphatic carboxylic acids is 1. The lowest BCUT2D eigenvalue weighted by molar-refractivity contribution is -0.165. The van der Waals surface area contributed by atoms with Crippen molar-refractivity contribution in [2.75, 3.05) is 6.26 Å². The van der Waals surface area contributed by atoms with Crippen LogP contribution in [-0.4, -0.2) is 41.7 Å². The second-order valence-electron chi connectivity index (χ2n) is 4.49. The fourth-order valence-electron chi connectivity index (χ4n) is 2.56. The van der Waals surface area contributed by atoms with Crippen LogP contribution in [0.3, 0.4) is 0 Å². The number of rotatable bonds is 4. The molecule has 0 aliphatic heterocycles. The van der Waals surface area contributed by atoms with Crippen molar-refractivity contribution in [1.82, 2.24) is 0 Å². The molecule has 3 atom stereocenters. The Bertz CT molecular complexity index is 375. The van der Waals surface area contributed by atoms with E-state index in [0.717, 1.165) is 6.26 Å². The van der Waals surface area contributed by atoms with E-state index in [-0.39, 0.29) is 6.42 Å². The maximum Gasteiger partial charge on any atom is 0.336 e. The summed E-state index contributed by atoms with van der Waals surface area (Å²) in [5.41, 5.74) is -1.91. The molecule has 0 amide bonds. The maximum absolute atomic E-state index is 11.5. The first-order chi connectivity index (χ1) is 7.23. The second kappa shape index (κ2) is 4.33. The summed E-state index contributed by atoms with van der Waals surface area (Å²) in [6.07, 6.45) is 2.68. The van der Waals surface area contributed by atoms with Crippen molar-refractivity contribution in [1.29, 1.82) is 0 Å². The molecule has 0 aromatic heterocycles.